The Morgan fingerprint density at radius 3 is 2.71 bits per heavy atom. The van der Waals surface area contributed by atoms with Crippen LogP contribution in [0.25, 0.3) is 0 Å². The van der Waals surface area contributed by atoms with E-state index in [1.165, 1.54) is 7.11 Å². The number of rotatable bonds is 4. The molecule has 2 atom stereocenters. The van der Waals surface area contributed by atoms with E-state index in [0.29, 0.717) is 25.9 Å². The first-order valence-corrected chi connectivity index (χ1v) is 7.15. The molecule has 1 amide bonds. The van der Waals surface area contributed by atoms with E-state index in [1.54, 1.807) is 17.0 Å². The van der Waals surface area contributed by atoms with Crippen LogP contribution in [0.5, 0.6) is 5.75 Å². The van der Waals surface area contributed by atoms with E-state index in [-0.39, 0.29) is 29.5 Å². The largest absolute Gasteiger partial charge is 0.508 e. The van der Waals surface area contributed by atoms with Crippen LogP contribution in [0.1, 0.15) is 18.9 Å². The predicted molar refractivity (Wildman–Crippen MR) is 77.7 cm³/mol. The maximum atomic E-state index is 12.2. The van der Waals surface area contributed by atoms with Crippen LogP contribution in [0, 0.1) is 11.8 Å². The van der Waals surface area contributed by atoms with Crippen LogP contribution < -0.4 is 0 Å². The molecule has 1 saturated heterocycles. The molecular formula is C16H21NO4. The van der Waals surface area contributed by atoms with E-state index in [0.717, 1.165) is 5.56 Å². The van der Waals surface area contributed by atoms with E-state index in [1.807, 2.05) is 19.1 Å². The van der Waals surface area contributed by atoms with Crippen molar-refractivity contribution >= 4 is 11.9 Å². The molecule has 21 heavy (non-hydrogen) atoms. The minimum Gasteiger partial charge on any atom is -0.508 e. The zero-order chi connectivity index (χ0) is 15.4. The van der Waals surface area contributed by atoms with Crippen LogP contribution in [0.2, 0.25) is 0 Å². The summed E-state index contributed by atoms with van der Waals surface area (Å²) in [6, 6.07) is 7.02. The third-order valence-electron chi connectivity index (χ3n) is 4.07. The molecule has 1 heterocycles. The van der Waals surface area contributed by atoms with Gasteiger partial charge in [-0.05, 0) is 24.0 Å². The number of carbonyl (C=O) groups excluding carboxylic acids is 2. The Hall–Kier alpha value is -2.04. The van der Waals surface area contributed by atoms with Gasteiger partial charge in [0, 0.05) is 19.5 Å². The Kier molecular flexibility index (Phi) is 4.83. The molecule has 0 spiro atoms. The highest BCUT2D eigenvalue weighted by Gasteiger charge is 2.37. The second-order valence-electron chi connectivity index (χ2n) is 5.53. The molecule has 0 radical (unpaired) electrons. The summed E-state index contributed by atoms with van der Waals surface area (Å²) >= 11 is 0. The van der Waals surface area contributed by atoms with Crippen LogP contribution in [-0.4, -0.2) is 42.1 Å². The average Bonchev–Trinajstić information content (AvgIpc) is 2.87. The number of likely N-dealkylation sites (tertiary alicyclic amines) is 1. The molecule has 5 nitrogen and oxygen atoms in total. The Bertz CT molecular complexity index is 529. The monoisotopic (exact) mass is 291 g/mol. The zero-order valence-corrected chi connectivity index (χ0v) is 12.4. The third kappa shape index (κ3) is 3.54. The number of hydrogen-bond donors (Lipinski definition) is 1. The minimum absolute atomic E-state index is 0.0107. The molecule has 114 valence electrons. The highest BCUT2D eigenvalue weighted by Crippen LogP contribution is 2.25. The predicted octanol–water partition coefficient (Wildman–Crippen LogP) is 1.59. The summed E-state index contributed by atoms with van der Waals surface area (Å²) in [5.74, 6) is -0.141. The number of nitrogens with zero attached hydrogens (tertiary/aromatic N) is 1. The SMILES string of the molecule is COC(=O)C1CN(C(=O)CCc2ccccc2O)CC1C. The number of phenolic OH excluding ortho intramolecular Hbond substituents is 1. The number of ether oxygens (including phenoxy) is 1. The lowest BCUT2D eigenvalue weighted by atomic mass is 9.99. The first kappa shape index (κ1) is 15.4. The van der Waals surface area contributed by atoms with Gasteiger partial charge >= 0.3 is 5.97 Å². The smallest absolute Gasteiger partial charge is 0.310 e. The average molecular weight is 291 g/mol. The molecule has 1 aliphatic heterocycles. The summed E-state index contributed by atoms with van der Waals surface area (Å²) in [6.45, 7) is 2.96. The number of para-hydroxylation sites is 1. The first-order chi connectivity index (χ1) is 10.0. The van der Waals surface area contributed by atoms with E-state index >= 15 is 0 Å². The molecule has 0 bridgehead atoms. The second-order valence-corrected chi connectivity index (χ2v) is 5.53. The molecule has 1 N–H and O–H groups in total. The summed E-state index contributed by atoms with van der Waals surface area (Å²) < 4.78 is 4.77. The lowest BCUT2D eigenvalue weighted by Crippen LogP contribution is -2.30. The third-order valence-corrected chi connectivity index (χ3v) is 4.07. The van der Waals surface area contributed by atoms with E-state index in [2.05, 4.69) is 0 Å². The summed E-state index contributed by atoms with van der Waals surface area (Å²) in [5, 5.41) is 9.69. The van der Waals surface area contributed by atoms with Crippen molar-refractivity contribution in [1.82, 2.24) is 4.90 Å². The summed E-state index contributed by atoms with van der Waals surface area (Å²) in [7, 11) is 1.37. The fourth-order valence-electron chi connectivity index (χ4n) is 2.75. The summed E-state index contributed by atoms with van der Waals surface area (Å²) in [6.07, 6.45) is 0.831. The molecular weight excluding hydrogens is 270 g/mol. The molecule has 1 aromatic carbocycles. The molecule has 1 aliphatic rings. The summed E-state index contributed by atoms with van der Waals surface area (Å²) in [4.78, 5) is 25.6. The number of amides is 1. The van der Waals surface area contributed by atoms with Crippen molar-refractivity contribution in [3.63, 3.8) is 0 Å². The van der Waals surface area contributed by atoms with Crippen LogP contribution >= 0.6 is 0 Å². The van der Waals surface area contributed by atoms with Crippen LogP contribution in [-0.2, 0) is 20.7 Å². The number of benzene rings is 1. The second kappa shape index (κ2) is 6.61. The zero-order valence-electron chi connectivity index (χ0n) is 12.4. The number of carbonyl (C=O) groups is 2. The van der Waals surface area contributed by atoms with Crippen molar-refractivity contribution < 1.29 is 19.4 Å². The Morgan fingerprint density at radius 1 is 1.33 bits per heavy atom. The topological polar surface area (TPSA) is 66.8 Å². The standard InChI is InChI=1S/C16H21NO4/c1-11-9-17(10-13(11)16(20)21-2)15(19)8-7-12-5-3-4-6-14(12)18/h3-6,11,13,18H,7-10H2,1-2H3. The van der Waals surface area contributed by atoms with Crippen molar-refractivity contribution in [1.29, 1.82) is 0 Å². The van der Waals surface area contributed by atoms with Gasteiger partial charge in [0.1, 0.15) is 5.75 Å². The van der Waals surface area contributed by atoms with Gasteiger partial charge < -0.3 is 14.7 Å². The van der Waals surface area contributed by atoms with Gasteiger partial charge in [0.05, 0.1) is 13.0 Å². The fraction of sp³-hybridized carbons (Fsp3) is 0.500. The Labute approximate surface area is 124 Å². The Balaban J connectivity index is 1.90. The number of esters is 1. The van der Waals surface area contributed by atoms with Gasteiger partial charge in [0.15, 0.2) is 0 Å². The normalized spacial score (nSPS) is 21.3. The number of hydrogen-bond acceptors (Lipinski definition) is 4. The van der Waals surface area contributed by atoms with Crippen LogP contribution in [0.3, 0.4) is 0 Å². The van der Waals surface area contributed by atoms with E-state index in [9.17, 15) is 14.7 Å². The number of aromatic hydroxyl groups is 1. The van der Waals surface area contributed by atoms with Gasteiger partial charge in [-0.1, -0.05) is 25.1 Å². The van der Waals surface area contributed by atoms with Crippen LogP contribution in [0.4, 0.5) is 0 Å². The van der Waals surface area contributed by atoms with Crippen LogP contribution in [0.15, 0.2) is 24.3 Å². The molecule has 2 unspecified atom stereocenters. The van der Waals surface area contributed by atoms with Gasteiger partial charge in [-0.2, -0.15) is 0 Å². The molecule has 1 fully saturated rings. The molecule has 2 rings (SSSR count). The number of aryl methyl sites for hydroxylation is 1. The lowest BCUT2D eigenvalue weighted by molar-refractivity contribution is -0.146. The first-order valence-electron chi connectivity index (χ1n) is 7.15. The van der Waals surface area contributed by atoms with Crippen molar-refractivity contribution in [2.24, 2.45) is 11.8 Å². The van der Waals surface area contributed by atoms with Gasteiger partial charge in [-0.15, -0.1) is 0 Å². The van der Waals surface area contributed by atoms with Gasteiger partial charge in [-0.25, -0.2) is 0 Å². The van der Waals surface area contributed by atoms with E-state index in [4.69, 9.17) is 4.74 Å². The fourth-order valence-corrected chi connectivity index (χ4v) is 2.75. The number of methoxy groups -OCH3 is 1. The lowest BCUT2D eigenvalue weighted by Gasteiger charge is -2.16. The highest BCUT2D eigenvalue weighted by atomic mass is 16.5. The molecule has 0 saturated carbocycles. The van der Waals surface area contributed by atoms with E-state index < -0.39 is 0 Å². The molecule has 0 aliphatic carbocycles. The van der Waals surface area contributed by atoms with Crippen molar-refractivity contribution in [2.45, 2.75) is 19.8 Å². The van der Waals surface area contributed by atoms with Crippen molar-refractivity contribution in [2.75, 3.05) is 20.2 Å². The molecule has 5 heteroatoms. The quantitative estimate of drug-likeness (QED) is 0.856. The molecule has 0 aromatic heterocycles. The number of phenols is 1. The Morgan fingerprint density at radius 2 is 2.05 bits per heavy atom. The van der Waals surface area contributed by atoms with Gasteiger partial charge in [-0.3, -0.25) is 9.59 Å². The van der Waals surface area contributed by atoms with Gasteiger partial charge in [0.2, 0.25) is 5.91 Å². The summed E-state index contributed by atoms with van der Waals surface area (Å²) in [5.41, 5.74) is 0.766. The molecule has 1 aromatic rings. The van der Waals surface area contributed by atoms with Crippen molar-refractivity contribution in [3.8, 4) is 5.75 Å². The maximum absolute atomic E-state index is 12.2. The van der Waals surface area contributed by atoms with Crippen molar-refractivity contribution in [3.05, 3.63) is 29.8 Å². The maximum Gasteiger partial charge on any atom is 0.310 e. The highest BCUT2D eigenvalue weighted by molar-refractivity contribution is 5.79. The minimum atomic E-state index is -0.251. The van der Waals surface area contributed by atoms with Gasteiger partial charge in [0.25, 0.3) is 0 Å².